The number of hydrogen-bond acceptors (Lipinski definition) is 3. The van der Waals surface area contributed by atoms with Gasteiger partial charge in [-0.15, -0.1) is 0 Å². The van der Waals surface area contributed by atoms with Gasteiger partial charge in [-0.3, -0.25) is 0 Å². The number of carbonyl (C=O) groups excluding carboxylic acids is 1. The molecular weight excluding hydrogens is 430 g/mol. The largest absolute Gasteiger partial charge is 0.435 e. The first-order chi connectivity index (χ1) is 13.5. The lowest BCUT2D eigenvalue weighted by molar-refractivity contribution is -0.275. The summed E-state index contributed by atoms with van der Waals surface area (Å²) in [6, 6.07) is 9.63. The highest BCUT2D eigenvalue weighted by Gasteiger charge is 2.62. The molecule has 2 amide bonds. The van der Waals surface area contributed by atoms with Crippen molar-refractivity contribution in [1.82, 2.24) is 4.90 Å². The predicted molar refractivity (Wildman–Crippen MR) is 106 cm³/mol. The second kappa shape index (κ2) is 7.76. The normalized spacial score (nSPS) is 18.8. The number of benzene rings is 2. The number of carbonyl (C=O) groups is 1. The molecule has 1 atom stereocenters. The number of anilines is 1. The van der Waals surface area contributed by atoms with Gasteiger partial charge in [-0.25, -0.2) is 4.79 Å². The molecule has 0 fully saturated rings. The van der Waals surface area contributed by atoms with Crippen LogP contribution in [0.2, 0.25) is 10.0 Å². The number of oxime groups is 1. The molecule has 0 radical (unpaired) electrons. The summed E-state index contributed by atoms with van der Waals surface area (Å²) < 4.78 is 42.1. The van der Waals surface area contributed by atoms with Gasteiger partial charge in [0.05, 0.1) is 5.71 Å². The molecule has 154 valence electrons. The van der Waals surface area contributed by atoms with E-state index < -0.39 is 18.2 Å². The van der Waals surface area contributed by atoms with Crippen molar-refractivity contribution < 1.29 is 22.8 Å². The minimum atomic E-state index is -4.77. The van der Waals surface area contributed by atoms with E-state index in [9.17, 15) is 18.0 Å². The van der Waals surface area contributed by atoms with Gasteiger partial charge in [0.1, 0.15) is 0 Å². The molecule has 1 unspecified atom stereocenters. The molecule has 2 aromatic carbocycles. The summed E-state index contributed by atoms with van der Waals surface area (Å²) in [6.45, 7) is 0. The third-order valence-corrected chi connectivity index (χ3v) is 4.80. The molecule has 3 rings (SSSR count). The van der Waals surface area contributed by atoms with E-state index in [1.54, 1.807) is 32.3 Å². The molecule has 10 heteroatoms. The van der Waals surface area contributed by atoms with Crippen molar-refractivity contribution in [2.45, 2.75) is 18.2 Å². The molecule has 29 heavy (non-hydrogen) atoms. The Balaban J connectivity index is 1.94. The predicted octanol–water partition coefficient (Wildman–Crippen LogP) is 5.67. The van der Waals surface area contributed by atoms with Crippen LogP contribution in [0.1, 0.15) is 17.5 Å². The molecule has 0 bridgehead atoms. The van der Waals surface area contributed by atoms with Crippen LogP contribution in [0.15, 0.2) is 47.6 Å². The van der Waals surface area contributed by atoms with Gasteiger partial charge in [0.15, 0.2) is 0 Å². The highest BCUT2D eigenvalue weighted by atomic mass is 35.5. The maximum atomic E-state index is 14.0. The second-order valence-electron chi connectivity index (χ2n) is 6.69. The molecule has 1 N–H and O–H groups in total. The average molecular weight is 446 g/mol. The Labute approximate surface area is 175 Å². The Hall–Kier alpha value is -2.45. The molecule has 0 aliphatic carbocycles. The van der Waals surface area contributed by atoms with Crippen LogP contribution in [-0.2, 0) is 10.4 Å². The molecule has 0 aromatic heterocycles. The van der Waals surface area contributed by atoms with Crippen LogP contribution in [0.25, 0.3) is 0 Å². The molecule has 0 saturated heterocycles. The second-order valence-corrected chi connectivity index (χ2v) is 7.57. The van der Waals surface area contributed by atoms with Crippen molar-refractivity contribution in [2.24, 2.45) is 5.16 Å². The summed E-state index contributed by atoms with van der Waals surface area (Å²) in [4.78, 5) is 18.1. The Bertz CT molecular complexity index is 959. The number of hydrogen-bond donors (Lipinski definition) is 1. The molecule has 2 aromatic rings. The zero-order chi connectivity index (χ0) is 21.4. The summed E-state index contributed by atoms with van der Waals surface area (Å²) in [6.07, 6.45) is -5.35. The molecule has 1 heterocycles. The van der Waals surface area contributed by atoms with Crippen molar-refractivity contribution in [3.05, 3.63) is 63.6 Å². The fraction of sp³-hybridized carbons (Fsp3) is 0.263. The Kier molecular flexibility index (Phi) is 5.69. The van der Waals surface area contributed by atoms with Crippen LogP contribution in [0.4, 0.5) is 23.7 Å². The minimum absolute atomic E-state index is 0.0570. The van der Waals surface area contributed by atoms with Gasteiger partial charge in [-0.2, -0.15) is 13.2 Å². The first kappa shape index (κ1) is 21.3. The van der Waals surface area contributed by atoms with E-state index >= 15 is 0 Å². The fourth-order valence-electron chi connectivity index (χ4n) is 2.86. The van der Waals surface area contributed by atoms with Crippen LogP contribution < -0.4 is 5.32 Å². The molecule has 5 nitrogen and oxygen atoms in total. The monoisotopic (exact) mass is 445 g/mol. The van der Waals surface area contributed by atoms with E-state index in [0.29, 0.717) is 11.3 Å². The molecule has 1 aliphatic heterocycles. The maximum absolute atomic E-state index is 14.0. The standard InChI is InChI=1S/C19H16Cl2F3N3O2/c1-27(2)17(28)25-15-5-3-4-11(6-15)16-10-18(29-26-16,19(22,23)24)12-7-13(20)9-14(21)8-12/h3-9H,10H2,1-2H3,(H,25,28). The van der Waals surface area contributed by atoms with E-state index in [1.807, 2.05) is 0 Å². The van der Waals surface area contributed by atoms with E-state index in [4.69, 9.17) is 28.0 Å². The van der Waals surface area contributed by atoms with E-state index in [1.165, 1.54) is 17.0 Å². The number of rotatable bonds is 3. The number of halogens is 5. The van der Waals surface area contributed by atoms with Gasteiger partial charge in [-0.05, 0) is 30.3 Å². The SMILES string of the molecule is CN(C)C(=O)Nc1cccc(C2=NOC(c3cc(Cl)cc(Cl)c3)(C(F)(F)F)C2)c1. The van der Waals surface area contributed by atoms with Gasteiger partial charge in [0, 0.05) is 47.4 Å². The summed E-state index contributed by atoms with van der Waals surface area (Å²) in [5.41, 5.74) is -2.06. The van der Waals surface area contributed by atoms with E-state index in [-0.39, 0.29) is 27.4 Å². The van der Waals surface area contributed by atoms with E-state index in [0.717, 1.165) is 12.1 Å². The Morgan fingerprint density at radius 1 is 1.17 bits per heavy atom. The van der Waals surface area contributed by atoms with Crippen LogP contribution in [0, 0.1) is 0 Å². The third kappa shape index (κ3) is 4.28. The quantitative estimate of drug-likeness (QED) is 0.661. The summed E-state index contributed by atoms with van der Waals surface area (Å²) in [5, 5.41) is 6.46. The first-order valence-corrected chi connectivity index (χ1v) is 9.14. The van der Waals surface area contributed by atoms with Crippen LogP contribution in [-0.4, -0.2) is 36.9 Å². The topological polar surface area (TPSA) is 53.9 Å². The number of alkyl halides is 3. The van der Waals surface area contributed by atoms with Crippen molar-refractivity contribution in [1.29, 1.82) is 0 Å². The van der Waals surface area contributed by atoms with Gasteiger partial charge in [0.2, 0.25) is 0 Å². The molecule has 0 spiro atoms. The summed E-state index contributed by atoms with van der Waals surface area (Å²) >= 11 is 11.8. The lowest BCUT2D eigenvalue weighted by Crippen LogP contribution is -2.42. The smallest absolute Gasteiger partial charge is 0.374 e. The highest BCUT2D eigenvalue weighted by molar-refractivity contribution is 6.34. The number of nitrogens with zero attached hydrogens (tertiary/aromatic N) is 2. The molecular formula is C19H16Cl2F3N3O2. The van der Waals surface area contributed by atoms with Crippen molar-refractivity contribution >= 4 is 40.6 Å². The van der Waals surface area contributed by atoms with Gasteiger partial charge in [0.25, 0.3) is 5.60 Å². The summed E-state index contributed by atoms with van der Waals surface area (Å²) in [7, 11) is 3.14. The fourth-order valence-corrected chi connectivity index (χ4v) is 3.38. The van der Waals surface area contributed by atoms with Crippen LogP contribution >= 0.6 is 23.2 Å². The van der Waals surface area contributed by atoms with Crippen molar-refractivity contribution in [3.8, 4) is 0 Å². The number of nitrogens with one attached hydrogen (secondary N) is 1. The highest BCUT2D eigenvalue weighted by Crippen LogP contribution is 2.49. The number of urea groups is 1. The third-order valence-electron chi connectivity index (χ3n) is 4.37. The van der Waals surface area contributed by atoms with Gasteiger partial charge in [-0.1, -0.05) is 40.5 Å². The minimum Gasteiger partial charge on any atom is -0.374 e. The van der Waals surface area contributed by atoms with Crippen molar-refractivity contribution in [3.63, 3.8) is 0 Å². The Morgan fingerprint density at radius 2 is 1.83 bits per heavy atom. The Morgan fingerprint density at radius 3 is 2.41 bits per heavy atom. The van der Waals surface area contributed by atoms with Gasteiger partial charge >= 0.3 is 12.2 Å². The zero-order valence-electron chi connectivity index (χ0n) is 15.3. The lowest BCUT2D eigenvalue weighted by Gasteiger charge is -2.29. The maximum Gasteiger partial charge on any atom is 0.435 e. The first-order valence-electron chi connectivity index (χ1n) is 8.39. The zero-order valence-corrected chi connectivity index (χ0v) is 16.9. The van der Waals surface area contributed by atoms with Crippen molar-refractivity contribution in [2.75, 3.05) is 19.4 Å². The summed E-state index contributed by atoms with van der Waals surface area (Å²) in [5.74, 6) is 0. The van der Waals surface area contributed by atoms with Crippen LogP contribution in [0.3, 0.4) is 0 Å². The van der Waals surface area contributed by atoms with Gasteiger partial charge < -0.3 is 15.1 Å². The molecule has 1 aliphatic rings. The average Bonchev–Trinajstić information content (AvgIpc) is 3.08. The molecule has 0 saturated carbocycles. The van der Waals surface area contributed by atoms with Crippen LogP contribution in [0.5, 0.6) is 0 Å². The van der Waals surface area contributed by atoms with E-state index in [2.05, 4.69) is 10.5 Å². The lowest BCUT2D eigenvalue weighted by atomic mass is 9.86. The number of amides is 2.